The van der Waals surface area contributed by atoms with Crippen LogP contribution in [0, 0.1) is 0 Å². The molecular formula is C20H19N3O2. The minimum Gasteiger partial charge on any atom is -0.497 e. The average molecular weight is 333 g/mol. The summed E-state index contributed by atoms with van der Waals surface area (Å²) >= 11 is 0. The molecule has 0 unspecified atom stereocenters. The van der Waals surface area contributed by atoms with Gasteiger partial charge < -0.3 is 9.64 Å². The molecule has 3 aromatic rings. The van der Waals surface area contributed by atoms with Crippen LogP contribution in [-0.2, 0) is 13.1 Å². The lowest BCUT2D eigenvalue weighted by Crippen LogP contribution is -2.30. The minimum atomic E-state index is -0.0704. The Labute approximate surface area is 146 Å². The fourth-order valence-corrected chi connectivity index (χ4v) is 2.49. The standard InChI is InChI=1S/C20H19N3O2/c1-25-19-10-8-16(9-11-19)20(24)23(14-17-6-2-4-12-21-17)15-18-7-3-5-13-22-18/h2-13H,14-15H2,1H3. The predicted octanol–water partition coefficient (Wildman–Crippen LogP) is 3.33. The third kappa shape index (κ3) is 4.41. The Morgan fingerprint density at radius 3 is 1.88 bits per heavy atom. The van der Waals surface area contributed by atoms with Crippen LogP contribution in [0.2, 0.25) is 0 Å². The van der Waals surface area contributed by atoms with Crippen molar-refractivity contribution in [2.45, 2.75) is 13.1 Å². The highest BCUT2D eigenvalue weighted by atomic mass is 16.5. The number of hydrogen-bond donors (Lipinski definition) is 0. The van der Waals surface area contributed by atoms with Crippen molar-refractivity contribution in [2.24, 2.45) is 0 Å². The summed E-state index contributed by atoms with van der Waals surface area (Å²) in [6.07, 6.45) is 3.46. The van der Waals surface area contributed by atoms with Gasteiger partial charge in [0.25, 0.3) is 5.91 Å². The Hall–Kier alpha value is -3.21. The molecular weight excluding hydrogens is 314 g/mol. The van der Waals surface area contributed by atoms with Gasteiger partial charge in [-0.25, -0.2) is 0 Å². The number of ether oxygens (including phenoxy) is 1. The molecule has 5 heteroatoms. The highest BCUT2D eigenvalue weighted by molar-refractivity contribution is 5.94. The number of carbonyl (C=O) groups is 1. The summed E-state index contributed by atoms with van der Waals surface area (Å²) in [4.78, 5) is 23.4. The highest BCUT2D eigenvalue weighted by Gasteiger charge is 2.17. The van der Waals surface area contributed by atoms with Crippen LogP contribution < -0.4 is 4.74 Å². The van der Waals surface area contributed by atoms with Gasteiger partial charge >= 0.3 is 0 Å². The van der Waals surface area contributed by atoms with E-state index in [1.807, 2.05) is 36.4 Å². The minimum absolute atomic E-state index is 0.0704. The molecule has 0 aliphatic carbocycles. The summed E-state index contributed by atoms with van der Waals surface area (Å²) in [6.45, 7) is 0.838. The van der Waals surface area contributed by atoms with E-state index in [4.69, 9.17) is 4.74 Å². The summed E-state index contributed by atoms with van der Waals surface area (Å²) in [5, 5.41) is 0. The van der Waals surface area contributed by atoms with Crippen LogP contribution in [0.3, 0.4) is 0 Å². The van der Waals surface area contributed by atoms with Crippen LogP contribution in [0.15, 0.2) is 73.1 Å². The molecule has 0 radical (unpaired) electrons. The van der Waals surface area contributed by atoms with Crippen molar-refractivity contribution in [2.75, 3.05) is 7.11 Å². The lowest BCUT2D eigenvalue weighted by molar-refractivity contribution is 0.0725. The molecule has 0 fully saturated rings. The fraction of sp³-hybridized carbons (Fsp3) is 0.150. The largest absolute Gasteiger partial charge is 0.497 e. The van der Waals surface area contributed by atoms with Crippen molar-refractivity contribution in [1.82, 2.24) is 14.9 Å². The molecule has 25 heavy (non-hydrogen) atoms. The molecule has 2 heterocycles. The van der Waals surface area contributed by atoms with E-state index in [2.05, 4.69) is 9.97 Å². The van der Waals surface area contributed by atoms with Gasteiger partial charge in [-0.3, -0.25) is 14.8 Å². The summed E-state index contributed by atoms with van der Waals surface area (Å²) in [6, 6.07) is 18.5. The number of benzene rings is 1. The maximum absolute atomic E-state index is 13.0. The second kappa shape index (κ2) is 8.06. The Kier molecular flexibility index (Phi) is 5.36. The number of rotatable bonds is 6. The maximum Gasteiger partial charge on any atom is 0.254 e. The molecule has 0 saturated heterocycles. The maximum atomic E-state index is 13.0. The van der Waals surface area contributed by atoms with E-state index in [0.29, 0.717) is 18.7 Å². The van der Waals surface area contributed by atoms with Crippen molar-refractivity contribution in [1.29, 1.82) is 0 Å². The van der Waals surface area contributed by atoms with Gasteiger partial charge in [-0.15, -0.1) is 0 Å². The Bertz CT molecular complexity index is 764. The van der Waals surface area contributed by atoms with E-state index in [0.717, 1.165) is 17.1 Å². The SMILES string of the molecule is COc1ccc(C(=O)N(Cc2ccccn2)Cc2ccccn2)cc1. The number of methoxy groups -OCH3 is 1. The van der Waals surface area contributed by atoms with E-state index in [1.54, 1.807) is 48.7 Å². The van der Waals surface area contributed by atoms with Gasteiger partial charge in [-0.05, 0) is 48.5 Å². The number of carbonyl (C=O) groups excluding carboxylic acids is 1. The average Bonchev–Trinajstić information content (AvgIpc) is 2.68. The molecule has 1 aromatic carbocycles. The zero-order valence-electron chi connectivity index (χ0n) is 14.0. The van der Waals surface area contributed by atoms with Crippen molar-refractivity contribution in [3.63, 3.8) is 0 Å². The van der Waals surface area contributed by atoms with E-state index in [-0.39, 0.29) is 5.91 Å². The molecule has 126 valence electrons. The van der Waals surface area contributed by atoms with Gasteiger partial charge in [0.05, 0.1) is 31.6 Å². The van der Waals surface area contributed by atoms with E-state index < -0.39 is 0 Å². The second-order valence-electron chi connectivity index (χ2n) is 5.53. The highest BCUT2D eigenvalue weighted by Crippen LogP contribution is 2.16. The van der Waals surface area contributed by atoms with Gasteiger partial charge in [0.1, 0.15) is 5.75 Å². The topological polar surface area (TPSA) is 55.3 Å². The van der Waals surface area contributed by atoms with Gasteiger partial charge in [-0.2, -0.15) is 0 Å². The van der Waals surface area contributed by atoms with Crippen LogP contribution in [0.25, 0.3) is 0 Å². The molecule has 3 rings (SSSR count). The quantitative estimate of drug-likeness (QED) is 0.694. The first-order chi connectivity index (χ1) is 12.3. The van der Waals surface area contributed by atoms with Gasteiger partial charge in [-0.1, -0.05) is 12.1 Å². The van der Waals surface area contributed by atoms with Crippen LogP contribution >= 0.6 is 0 Å². The monoisotopic (exact) mass is 333 g/mol. The molecule has 0 atom stereocenters. The van der Waals surface area contributed by atoms with Crippen LogP contribution in [0.5, 0.6) is 5.75 Å². The summed E-state index contributed by atoms with van der Waals surface area (Å²) in [7, 11) is 1.60. The third-order valence-electron chi connectivity index (χ3n) is 3.78. The third-order valence-corrected chi connectivity index (χ3v) is 3.78. The number of hydrogen-bond acceptors (Lipinski definition) is 4. The van der Waals surface area contributed by atoms with E-state index in [1.165, 1.54) is 0 Å². The lowest BCUT2D eigenvalue weighted by Gasteiger charge is -2.22. The number of nitrogens with zero attached hydrogens (tertiary/aromatic N) is 3. The van der Waals surface area contributed by atoms with Crippen LogP contribution in [0.1, 0.15) is 21.7 Å². The zero-order valence-corrected chi connectivity index (χ0v) is 14.0. The molecule has 0 saturated carbocycles. The molecule has 0 aliphatic heterocycles. The van der Waals surface area contributed by atoms with Crippen LogP contribution in [0.4, 0.5) is 0 Å². The van der Waals surface area contributed by atoms with E-state index in [9.17, 15) is 4.79 Å². The van der Waals surface area contributed by atoms with Crippen LogP contribution in [-0.4, -0.2) is 27.9 Å². The van der Waals surface area contributed by atoms with Crippen molar-refractivity contribution >= 4 is 5.91 Å². The predicted molar refractivity (Wildman–Crippen MR) is 95.0 cm³/mol. The molecule has 0 bridgehead atoms. The van der Waals surface area contributed by atoms with E-state index >= 15 is 0 Å². The molecule has 0 spiro atoms. The Morgan fingerprint density at radius 2 is 1.44 bits per heavy atom. The fourth-order valence-electron chi connectivity index (χ4n) is 2.49. The molecule has 2 aromatic heterocycles. The number of aromatic nitrogens is 2. The zero-order chi connectivity index (χ0) is 17.5. The molecule has 0 N–H and O–H groups in total. The number of pyridine rings is 2. The van der Waals surface area contributed by atoms with Crippen molar-refractivity contribution in [3.8, 4) is 5.75 Å². The first kappa shape index (κ1) is 16.6. The summed E-state index contributed by atoms with van der Waals surface area (Å²) in [5.74, 6) is 0.650. The first-order valence-electron chi connectivity index (χ1n) is 7.99. The lowest BCUT2D eigenvalue weighted by atomic mass is 10.1. The first-order valence-corrected chi connectivity index (χ1v) is 7.99. The molecule has 5 nitrogen and oxygen atoms in total. The Morgan fingerprint density at radius 1 is 0.880 bits per heavy atom. The smallest absolute Gasteiger partial charge is 0.254 e. The summed E-state index contributed by atoms with van der Waals surface area (Å²) in [5.41, 5.74) is 2.27. The number of amides is 1. The van der Waals surface area contributed by atoms with Gasteiger partial charge in [0.2, 0.25) is 0 Å². The van der Waals surface area contributed by atoms with Gasteiger partial charge in [0, 0.05) is 18.0 Å². The second-order valence-corrected chi connectivity index (χ2v) is 5.53. The molecule has 0 aliphatic rings. The Balaban J connectivity index is 1.84. The van der Waals surface area contributed by atoms with Crippen molar-refractivity contribution in [3.05, 3.63) is 90.0 Å². The molecule has 1 amide bonds. The van der Waals surface area contributed by atoms with Crippen molar-refractivity contribution < 1.29 is 9.53 Å². The summed E-state index contributed by atoms with van der Waals surface area (Å²) < 4.78 is 5.16. The normalized spacial score (nSPS) is 10.3. The van der Waals surface area contributed by atoms with Gasteiger partial charge in [0.15, 0.2) is 0 Å².